The molecular formula is C17H19BrFN3O2S. The van der Waals surface area contributed by atoms with Crippen molar-refractivity contribution in [1.29, 1.82) is 0 Å². The lowest BCUT2D eigenvalue weighted by atomic mass is 10.2. The van der Waals surface area contributed by atoms with Gasteiger partial charge in [-0.2, -0.15) is 0 Å². The minimum Gasteiger partial charge on any atom is -0.347 e. The Labute approximate surface area is 158 Å². The summed E-state index contributed by atoms with van der Waals surface area (Å²) in [7, 11) is 0. The topological polar surface area (TPSA) is 71.1 Å². The Bertz CT molecular complexity index is 751. The average Bonchev–Trinajstić information content (AvgIpc) is 2.93. The number of halogens is 2. The lowest BCUT2D eigenvalue weighted by Crippen LogP contribution is -2.22. The molecule has 0 saturated carbocycles. The molecule has 0 fully saturated rings. The van der Waals surface area contributed by atoms with Gasteiger partial charge in [-0.3, -0.25) is 9.59 Å². The fourth-order valence-electron chi connectivity index (χ4n) is 2.13. The molecule has 1 aromatic heterocycles. The summed E-state index contributed by atoms with van der Waals surface area (Å²) in [6.07, 6.45) is 2.14. The maximum Gasteiger partial charge on any atom is 0.263 e. The lowest BCUT2D eigenvalue weighted by molar-refractivity contribution is -0.116. The molecule has 2 amide bonds. The Hall–Kier alpha value is -1.80. The number of carbonyl (C=O) groups excluding carboxylic acids is 2. The summed E-state index contributed by atoms with van der Waals surface area (Å²) in [5, 5.41) is 6.74. The maximum absolute atomic E-state index is 13.2. The molecule has 0 spiro atoms. The quantitative estimate of drug-likeness (QED) is 0.493. The molecule has 0 saturated heterocycles. The average molecular weight is 428 g/mol. The van der Waals surface area contributed by atoms with Crippen molar-refractivity contribution >= 4 is 44.2 Å². The summed E-state index contributed by atoms with van der Waals surface area (Å²) < 4.78 is 13.2. The molecule has 25 heavy (non-hydrogen) atoms. The predicted octanol–water partition coefficient (Wildman–Crippen LogP) is 4.02. The number of nitrogens with zero attached hydrogens (tertiary/aromatic N) is 1. The van der Waals surface area contributed by atoms with E-state index in [2.05, 4.69) is 31.5 Å². The van der Waals surface area contributed by atoms with E-state index in [-0.39, 0.29) is 24.2 Å². The summed E-state index contributed by atoms with van der Waals surface area (Å²) in [4.78, 5) is 28.8. The zero-order valence-electron chi connectivity index (χ0n) is 13.8. The van der Waals surface area contributed by atoms with Crippen molar-refractivity contribution in [2.75, 3.05) is 10.6 Å². The van der Waals surface area contributed by atoms with Crippen molar-refractivity contribution in [1.82, 2.24) is 10.3 Å². The van der Waals surface area contributed by atoms with Crippen LogP contribution in [0.4, 0.5) is 9.52 Å². The van der Waals surface area contributed by atoms with Gasteiger partial charge in [0.1, 0.15) is 10.7 Å². The van der Waals surface area contributed by atoms with Crippen LogP contribution >= 0.6 is 27.3 Å². The number of amides is 2. The Morgan fingerprint density at radius 1 is 1.32 bits per heavy atom. The number of unbranched alkanes of at least 4 members (excludes halogenated alkanes) is 1. The summed E-state index contributed by atoms with van der Waals surface area (Å²) in [5.41, 5.74) is 1.23. The van der Waals surface area contributed by atoms with Crippen LogP contribution in [0.2, 0.25) is 0 Å². The number of nitrogens with one attached hydrogen (secondary N) is 2. The smallest absolute Gasteiger partial charge is 0.263 e. The first-order chi connectivity index (χ1) is 12.0. The van der Waals surface area contributed by atoms with Crippen LogP contribution in [0.1, 0.15) is 40.2 Å². The van der Waals surface area contributed by atoms with E-state index < -0.39 is 0 Å². The largest absolute Gasteiger partial charge is 0.347 e. The first-order valence-corrected chi connectivity index (χ1v) is 9.79. The van der Waals surface area contributed by atoms with Crippen LogP contribution in [0.15, 0.2) is 24.3 Å². The second kappa shape index (κ2) is 9.62. The fraction of sp³-hybridized carbons (Fsp3) is 0.353. The number of carbonyl (C=O) groups is 2. The zero-order chi connectivity index (χ0) is 18.2. The molecule has 0 aliphatic carbocycles. The summed E-state index contributed by atoms with van der Waals surface area (Å²) >= 11 is 4.46. The summed E-state index contributed by atoms with van der Waals surface area (Å²) in [6, 6.07) is 6.06. The second-order valence-electron chi connectivity index (χ2n) is 5.44. The number of aryl methyl sites for hydroxylation is 1. The van der Waals surface area contributed by atoms with Crippen molar-refractivity contribution in [2.24, 2.45) is 0 Å². The van der Waals surface area contributed by atoms with Gasteiger partial charge >= 0.3 is 0 Å². The van der Waals surface area contributed by atoms with Gasteiger partial charge in [-0.1, -0.05) is 39.4 Å². The number of anilines is 1. The van der Waals surface area contributed by atoms with Crippen molar-refractivity contribution in [3.05, 3.63) is 46.2 Å². The third-order valence-electron chi connectivity index (χ3n) is 3.38. The standard InChI is InChI=1S/C17H19BrFN3O2S/c1-11-15(16(24)20-10-12-5-4-6-13(19)9-12)25-17(21-11)22-14(23)7-2-3-8-18/h4-6,9H,2-3,7-8,10H2,1H3,(H,20,24)(H,21,22,23). The number of thiazole rings is 1. The molecule has 0 radical (unpaired) electrons. The molecule has 2 aromatic rings. The predicted molar refractivity (Wildman–Crippen MR) is 101 cm³/mol. The van der Waals surface area contributed by atoms with Gasteiger partial charge in [0.25, 0.3) is 5.91 Å². The van der Waals surface area contributed by atoms with Crippen LogP contribution in [0, 0.1) is 12.7 Å². The van der Waals surface area contributed by atoms with Crippen molar-refractivity contribution in [3.63, 3.8) is 0 Å². The Kier molecular flexibility index (Phi) is 7.52. The highest BCUT2D eigenvalue weighted by molar-refractivity contribution is 9.09. The van der Waals surface area contributed by atoms with Gasteiger partial charge < -0.3 is 10.6 Å². The van der Waals surface area contributed by atoms with E-state index in [4.69, 9.17) is 0 Å². The van der Waals surface area contributed by atoms with E-state index in [1.165, 1.54) is 12.1 Å². The van der Waals surface area contributed by atoms with Crippen molar-refractivity contribution in [2.45, 2.75) is 32.7 Å². The molecule has 0 atom stereocenters. The van der Waals surface area contributed by atoms with E-state index in [0.717, 1.165) is 29.5 Å². The van der Waals surface area contributed by atoms with Gasteiger partial charge in [-0.15, -0.1) is 0 Å². The molecule has 0 aliphatic rings. The van der Waals surface area contributed by atoms with Gasteiger partial charge in [-0.05, 0) is 37.5 Å². The van der Waals surface area contributed by atoms with E-state index in [9.17, 15) is 14.0 Å². The molecule has 2 rings (SSSR count). The highest BCUT2D eigenvalue weighted by Gasteiger charge is 2.16. The van der Waals surface area contributed by atoms with Gasteiger partial charge in [-0.25, -0.2) is 9.37 Å². The number of benzene rings is 1. The first kappa shape index (κ1) is 19.5. The van der Waals surface area contributed by atoms with Crippen molar-refractivity contribution < 1.29 is 14.0 Å². The molecule has 0 aliphatic heterocycles. The highest BCUT2D eigenvalue weighted by atomic mass is 79.9. The van der Waals surface area contributed by atoms with E-state index >= 15 is 0 Å². The minimum absolute atomic E-state index is 0.110. The normalized spacial score (nSPS) is 10.5. The summed E-state index contributed by atoms with van der Waals surface area (Å²) in [5.74, 6) is -0.744. The fourth-order valence-corrected chi connectivity index (χ4v) is 3.43. The Balaban J connectivity index is 1.92. The van der Waals surface area contributed by atoms with Crippen LogP contribution in [0.25, 0.3) is 0 Å². The van der Waals surface area contributed by atoms with Gasteiger partial charge in [0.15, 0.2) is 5.13 Å². The first-order valence-electron chi connectivity index (χ1n) is 7.85. The molecule has 2 N–H and O–H groups in total. The lowest BCUT2D eigenvalue weighted by Gasteiger charge is -2.04. The molecule has 134 valence electrons. The molecule has 0 unspecified atom stereocenters. The highest BCUT2D eigenvalue weighted by Crippen LogP contribution is 2.23. The maximum atomic E-state index is 13.2. The van der Waals surface area contributed by atoms with Crippen LogP contribution in [0.3, 0.4) is 0 Å². The molecule has 5 nitrogen and oxygen atoms in total. The molecule has 8 heteroatoms. The van der Waals surface area contributed by atoms with Crippen LogP contribution in [0.5, 0.6) is 0 Å². The van der Waals surface area contributed by atoms with E-state index in [1.54, 1.807) is 19.1 Å². The number of hydrogen-bond acceptors (Lipinski definition) is 4. The molecular weight excluding hydrogens is 409 g/mol. The number of aromatic nitrogens is 1. The van der Waals surface area contributed by atoms with E-state index in [0.29, 0.717) is 27.7 Å². The molecule has 0 bridgehead atoms. The Morgan fingerprint density at radius 3 is 2.84 bits per heavy atom. The van der Waals surface area contributed by atoms with Crippen molar-refractivity contribution in [3.8, 4) is 0 Å². The SMILES string of the molecule is Cc1nc(NC(=O)CCCCBr)sc1C(=O)NCc1cccc(F)c1. The van der Waals surface area contributed by atoms with Crippen LogP contribution < -0.4 is 10.6 Å². The minimum atomic E-state index is -0.342. The zero-order valence-corrected chi connectivity index (χ0v) is 16.2. The number of alkyl halides is 1. The molecule has 1 aromatic carbocycles. The number of hydrogen-bond donors (Lipinski definition) is 2. The van der Waals surface area contributed by atoms with E-state index in [1.807, 2.05) is 0 Å². The molecule has 1 heterocycles. The Morgan fingerprint density at radius 2 is 2.12 bits per heavy atom. The third kappa shape index (κ3) is 6.21. The van der Waals surface area contributed by atoms with Crippen LogP contribution in [-0.2, 0) is 11.3 Å². The third-order valence-corrected chi connectivity index (χ3v) is 5.01. The summed E-state index contributed by atoms with van der Waals surface area (Å²) in [6.45, 7) is 1.94. The number of rotatable bonds is 8. The monoisotopic (exact) mass is 427 g/mol. The van der Waals surface area contributed by atoms with Gasteiger partial charge in [0.05, 0.1) is 5.69 Å². The van der Waals surface area contributed by atoms with Crippen LogP contribution in [-0.4, -0.2) is 22.1 Å². The van der Waals surface area contributed by atoms with Gasteiger partial charge in [0, 0.05) is 18.3 Å². The second-order valence-corrected chi connectivity index (χ2v) is 7.23. The van der Waals surface area contributed by atoms with Gasteiger partial charge in [0.2, 0.25) is 5.91 Å².